The summed E-state index contributed by atoms with van der Waals surface area (Å²) in [5.41, 5.74) is 1.12. The number of carboxylic acid groups (broad SMARTS) is 1. The average Bonchev–Trinajstić information content (AvgIpc) is 3.19. The number of sulfonamides is 1. The van der Waals surface area contributed by atoms with Crippen LogP contribution < -0.4 is 10.0 Å². The molecule has 4 rings (SSSR count). The summed E-state index contributed by atoms with van der Waals surface area (Å²) in [4.78, 5) is 24.1. The van der Waals surface area contributed by atoms with E-state index in [1.54, 1.807) is 59.3 Å². The quantitative estimate of drug-likeness (QED) is 0.323. The van der Waals surface area contributed by atoms with Gasteiger partial charge in [0.25, 0.3) is 10.0 Å². The van der Waals surface area contributed by atoms with Crippen molar-refractivity contribution in [3.63, 3.8) is 0 Å². The van der Waals surface area contributed by atoms with Gasteiger partial charge in [0.05, 0.1) is 4.90 Å². The molecule has 0 spiro atoms. The van der Waals surface area contributed by atoms with Crippen LogP contribution in [0.3, 0.4) is 0 Å². The van der Waals surface area contributed by atoms with Gasteiger partial charge in [0, 0.05) is 28.2 Å². The third-order valence-corrected chi connectivity index (χ3v) is 7.16. The van der Waals surface area contributed by atoms with Crippen molar-refractivity contribution >= 4 is 49.3 Å². The minimum Gasteiger partial charge on any atom is -0.480 e. The highest BCUT2D eigenvalue weighted by Crippen LogP contribution is 2.27. The van der Waals surface area contributed by atoms with Gasteiger partial charge in [-0.3, -0.25) is 9.52 Å². The zero-order chi connectivity index (χ0) is 25.2. The molecule has 1 amide bonds. The van der Waals surface area contributed by atoms with Gasteiger partial charge in [-0.1, -0.05) is 50.2 Å². The van der Waals surface area contributed by atoms with Crippen LogP contribution in [0, 0.1) is 5.92 Å². The van der Waals surface area contributed by atoms with Crippen LogP contribution in [0.2, 0.25) is 0 Å². The summed E-state index contributed by atoms with van der Waals surface area (Å²) in [5.74, 6) is -1.34. The smallest absolute Gasteiger partial charge is 0.326 e. The Labute approximate surface area is 203 Å². The fourth-order valence-corrected chi connectivity index (χ4v) is 5.41. The van der Waals surface area contributed by atoms with Crippen molar-refractivity contribution < 1.29 is 23.1 Å². The predicted molar refractivity (Wildman–Crippen MR) is 136 cm³/mol. The van der Waals surface area contributed by atoms with Crippen LogP contribution in [0.4, 0.5) is 5.69 Å². The summed E-state index contributed by atoms with van der Waals surface area (Å²) >= 11 is 0. The van der Waals surface area contributed by atoms with E-state index in [2.05, 4.69) is 10.0 Å². The molecule has 9 heteroatoms. The largest absolute Gasteiger partial charge is 0.480 e. The fourth-order valence-electron chi connectivity index (χ4n) is 4.13. The van der Waals surface area contributed by atoms with Crippen molar-refractivity contribution in [2.45, 2.75) is 37.8 Å². The van der Waals surface area contributed by atoms with Gasteiger partial charge in [0.2, 0.25) is 5.91 Å². The van der Waals surface area contributed by atoms with Gasteiger partial charge in [-0.05, 0) is 48.1 Å². The number of fused-ring (bicyclic) bond motifs is 2. The Morgan fingerprint density at radius 3 is 2.46 bits per heavy atom. The van der Waals surface area contributed by atoms with E-state index < -0.39 is 27.9 Å². The first-order valence-electron chi connectivity index (χ1n) is 11.3. The standard InChI is InChI=1S/C26H27N3O5S/c1-17(2)14-22(26(31)32)27-25(30)16-29-13-12-19-15-20(10-11-23(19)29)28-35(33,34)24-9-5-7-18-6-3-4-8-21(18)24/h3-13,15,17,22,28H,14,16H2,1-2H3,(H,27,30)(H,31,32)/t22-/m0/s1. The number of nitrogens with zero attached hydrogens (tertiary/aromatic N) is 1. The first kappa shape index (κ1) is 24.3. The number of aliphatic carboxylic acids is 1. The van der Waals surface area contributed by atoms with E-state index in [1.807, 2.05) is 32.0 Å². The molecule has 1 atom stereocenters. The van der Waals surface area contributed by atoms with Crippen LogP contribution in [-0.2, 0) is 26.2 Å². The summed E-state index contributed by atoms with van der Waals surface area (Å²) in [6.45, 7) is 3.74. The number of hydrogen-bond donors (Lipinski definition) is 3. The highest BCUT2D eigenvalue weighted by molar-refractivity contribution is 7.93. The second kappa shape index (κ2) is 9.79. The lowest BCUT2D eigenvalue weighted by Crippen LogP contribution is -2.43. The fraction of sp³-hybridized carbons (Fsp3) is 0.231. The lowest BCUT2D eigenvalue weighted by Gasteiger charge is -2.17. The van der Waals surface area contributed by atoms with E-state index in [-0.39, 0.29) is 17.4 Å². The second-order valence-electron chi connectivity index (χ2n) is 8.89. The van der Waals surface area contributed by atoms with Gasteiger partial charge in [-0.25, -0.2) is 13.2 Å². The van der Waals surface area contributed by atoms with Crippen molar-refractivity contribution in [1.29, 1.82) is 0 Å². The highest BCUT2D eigenvalue weighted by Gasteiger charge is 2.22. The molecule has 0 unspecified atom stereocenters. The molecule has 1 heterocycles. The number of rotatable bonds is 9. The summed E-state index contributed by atoms with van der Waals surface area (Å²) < 4.78 is 30.6. The first-order chi connectivity index (χ1) is 16.6. The molecule has 8 nitrogen and oxygen atoms in total. The molecular formula is C26H27N3O5S. The normalized spacial score (nSPS) is 12.7. The molecule has 3 N–H and O–H groups in total. The van der Waals surface area contributed by atoms with E-state index in [0.717, 1.165) is 16.3 Å². The summed E-state index contributed by atoms with van der Waals surface area (Å²) in [7, 11) is -3.83. The zero-order valence-corrected chi connectivity index (χ0v) is 20.2. The Morgan fingerprint density at radius 2 is 1.71 bits per heavy atom. The molecule has 0 saturated carbocycles. The lowest BCUT2D eigenvalue weighted by molar-refractivity contribution is -0.142. The summed E-state index contributed by atoms with van der Waals surface area (Å²) in [6, 6.07) is 18.3. The molecule has 0 radical (unpaired) electrons. The molecular weight excluding hydrogens is 466 g/mol. The van der Waals surface area contributed by atoms with Crippen molar-refractivity contribution in [2.24, 2.45) is 5.92 Å². The third-order valence-electron chi connectivity index (χ3n) is 5.72. The number of carbonyl (C=O) groups excluding carboxylic acids is 1. The van der Waals surface area contributed by atoms with Gasteiger partial charge >= 0.3 is 5.97 Å². The van der Waals surface area contributed by atoms with Gasteiger partial charge in [0.15, 0.2) is 0 Å². The zero-order valence-electron chi connectivity index (χ0n) is 19.4. The highest BCUT2D eigenvalue weighted by atomic mass is 32.2. The molecule has 0 aliphatic heterocycles. The Hall–Kier alpha value is -3.85. The van der Waals surface area contributed by atoms with E-state index in [1.165, 1.54) is 0 Å². The van der Waals surface area contributed by atoms with E-state index >= 15 is 0 Å². The number of aromatic nitrogens is 1. The Morgan fingerprint density at radius 1 is 0.971 bits per heavy atom. The van der Waals surface area contributed by atoms with Gasteiger partial charge in [-0.15, -0.1) is 0 Å². The molecule has 3 aromatic carbocycles. The van der Waals surface area contributed by atoms with Crippen LogP contribution >= 0.6 is 0 Å². The maximum absolute atomic E-state index is 13.1. The minimum atomic E-state index is -3.83. The SMILES string of the molecule is CC(C)C[C@H](NC(=O)Cn1ccc2cc(NS(=O)(=O)c3cccc4ccccc34)ccc21)C(=O)O. The van der Waals surface area contributed by atoms with E-state index in [0.29, 0.717) is 17.5 Å². The topological polar surface area (TPSA) is 118 Å². The monoisotopic (exact) mass is 493 g/mol. The van der Waals surface area contributed by atoms with Crippen LogP contribution in [0.25, 0.3) is 21.7 Å². The Bertz CT molecular complexity index is 1500. The van der Waals surface area contributed by atoms with Crippen LogP contribution in [0.1, 0.15) is 20.3 Å². The third kappa shape index (κ3) is 5.46. The molecule has 4 aromatic rings. The van der Waals surface area contributed by atoms with Gasteiger partial charge in [-0.2, -0.15) is 0 Å². The molecule has 0 aliphatic rings. The molecule has 35 heavy (non-hydrogen) atoms. The maximum atomic E-state index is 13.1. The van der Waals surface area contributed by atoms with Crippen molar-refractivity contribution in [3.05, 3.63) is 72.9 Å². The maximum Gasteiger partial charge on any atom is 0.326 e. The van der Waals surface area contributed by atoms with Gasteiger partial charge < -0.3 is 15.0 Å². The van der Waals surface area contributed by atoms with E-state index in [9.17, 15) is 23.1 Å². The molecule has 0 fully saturated rings. The second-order valence-corrected chi connectivity index (χ2v) is 10.5. The molecule has 182 valence electrons. The van der Waals surface area contributed by atoms with Crippen molar-refractivity contribution in [1.82, 2.24) is 9.88 Å². The number of amides is 1. The molecule has 1 aromatic heterocycles. The number of carbonyl (C=O) groups is 2. The van der Waals surface area contributed by atoms with E-state index in [4.69, 9.17) is 0 Å². The Balaban J connectivity index is 1.53. The number of anilines is 1. The number of benzene rings is 3. The van der Waals surface area contributed by atoms with Crippen molar-refractivity contribution in [2.75, 3.05) is 4.72 Å². The van der Waals surface area contributed by atoms with Crippen molar-refractivity contribution in [3.8, 4) is 0 Å². The number of nitrogens with one attached hydrogen (secondary N) is 2. The summed E-state index contributed by atoms with van der Waals surface area (Å²) in [6.07, 6.45) is 2.05. The van der Waals surface area contributed by atoms with Crippen LogP contribution in [0.15, 0.2) is 77.8 Å². The van der Waals surface area contributed by atoms with Gasteiger partial charge in [0.1, 0.15) is 12.6 Å². The lowest BCUT2D eigenvalue weighted by atomic mass is 10.0. The molecule has 0 bridgehead atoms. The predicted octanol–water partition coefficient (Wildman–Crippen LogP) is 4.21. The van der Waals surface area contributed by atoms with Crippen LogP contribution in [0.5, 0.6) is 0 Å². The number of carboxylic acids is 1. The van der Waals surface area contributed by atoms with Crippen LogP contribution in [-0.4, -0.2) is 36.0 Å². The minimum absolute atomic E-state index is 0.0492. The Kier molecular flexibility index (Phi) is 6.79. The molecule has 0 aliphatic carbocycles. The number of hydrogen-bond acceptors (Lipinski definition) is 4. The average molecular weight is 494 g/mol. The summed E-state index contributed by atoms with van der Waals surface area (Å²) in [5, 5.41) is 14.1. The molecule has 0 saturated heterocycles. The first-order valence-corrected chi connectivity index (χ1v) is 12.7.